The third-order valence-electron chi connectivity index (χ3n) is 4.43. The number of alkyl halides is 3. The zero-order chi connectivity index (χ0) is 13.6. The summed E-state index contributed by atoms with van der Waals surface area (Å²) in [5.74, 6) is -2.79. The lowest BCUT2D eigenvalue weighted by Crippen LogP contribution is -2.53. The number of nitrogens with one attached hydrogen (secondary N) is 1. The molecule has 2 fully saturated rings. The minimum Gasteiger partial charge on any atom is -0.296 e. The maximum absolute atomic E-state index is 12.8. The zero-order valence-electron chi connectivity index (χ0n) is 10.1. The first-order valence-electron chi connectivity index (χ1n) is 6.15. The Labute approximate surface area is 103 Å². The van der Waals surface area contributed by atoms with Gasteiger partial charge < -0.3 is 0 Å². The Balaban J connectivity index is 2.24. The molecule has 2 amide bonds. The fourth-order valence-electron chi connectivity index (χ4n) is 3.27. The number of hydrogen-bond donors (Lipinski definition) is 1. The summed E-state index contributed by atoms with van der Waals surface area (Å²) in [5, 5.41) is 2.20. The summed E-state index contributed by atoms with van der Waals surface area (Å²) in [6.45, 7) is 1.63. The molecule has 0 aromatic rings. The number of carbonyl (C=O) groups excluding carboxylic acids is 2. The van der Waals surface area contributed by atoms with Gasteiger partial charge >= 0.3 is 6.18 Å². The van der Waals surface area contributed by atoms with Crippen molar-refractivity contribution >= 4 is 11.8 Å². The van der Waals surface area contributed by atoms with Crippen molar-refractivity contribution in [3.63, 3.8) is 0 Å². The number of hydrogen-bond acceptors (Lipinski definition) is 2. The van der Waals surface area contributed by atoms with Crippen molar-refractivity contribution in [1.82, 2.24) is 5.32 Å². The largest absolute Gasteiger partial charge is 0.391 e. The van der Waals surface area contributed by atoms with Gasteiger partial charge in [0.25, 0.3) is 0 Å². The Morgan fingerprint density at radius 2 is 2.00 bits per heavy atom. The van der Waals surface area contributed by atoms with Gasteiger partial charge in [-0.1, -0.05) is 13.3 Å². The first kappa shape index (κ1) is 13.4. The number of amides is 2. The summed E-state index contributed by atoms with van der Waals surface area (Å²) < 4.78 is 38.4. The molecule has 1 saturated carbocycles. The molecule has 0 bridgehead atoms. The van der Waals surface area contributed by atoms with Crippen LogP contribution in [0.4, 0.5) is 13.2 Å². The van der Waals surface area contributed by atoms with E-state index < -0.39 is 35.2 Å². The van der Waals surface area contributed by atoms with Crippen molar-refractivity contribution in [3.8, 4) is 0 Å². The van der Waals surface area contributed by atoms with E-state index in [0.29, 0.717) is 12.8 Å². The highest BCUT2D eigenvalue weighted by Gasteiger charge is 2.53. The molecule has 3 nitrogen and oxygen atoms in total. The summed E-state index contributed by atoms with van der Waals surface area (Å²) in [4.78, 5) is 23.1. The normalized spacial score (nSPS) is 37.8. The quantitative estimate of drug-likeness (QED) is 0.682. The molecule has 0 aromatic carbocycles. The molecule has 6 heteroatoms. The number of imide groups is 1. The molecular formula is C12H16F3NO2. The second kappa shape index (κ2) is 4.24. The van der Waals surface area contributed by atoms with Gasteiger partial charge in [0.1, 0.15) is 0 Å². The molecule has 2 rings (SSSR count). The summed E-state index contributed by atoms with van der Waals surface area (Å²) in [5.41, 5.74) is -0.794. The predicted octanol–water partition coefficient (Wildman–Crippen LogP) is 2.41. The Hall–Kier alpha value is -1.07. The number of halogens is 3. The van der Waals surface area contributed by atoms with E-state index in [1.54, 1.807) is 6.92 Å². The van der Waals surface area contributed by atoms with E-state index in [0.717, 1.165) is 0 Å². The van der Waals surface area contributed by atoms with Gasteiger partial charge in [-0.05, 0) is 24.7 Å². The summed E-state index contributed by atoms with van der Waals surface area (Å²) >= 11 is 0. The van der Waals surface area contributed by atoms with Gasteiger partial charge in [0.05, 0.1) is 5.92 Å². The van der Waals surface area contributed by atoms with E-state index >= 15 is 0 Å². The van der Waals surface area contributed by atoms with E-state index in [9.17, 15) is 22.8 Å². The first-order chi connectivity index (χ1) is 8.24. The van der Waals surface area contributed by atoms with Crippen LogP contribution in [0.25, 0.3) is 0 Å². The van der Waals surface area contributed by atoms with Crippen LogP contribution >= 0.6 is 0 Å². The predicted molar refractivity (Wildman–Crippen MR) is 57.4 cm³/mol. The van der Waals surface area contributed by atoms with E-state index in [1.165, 1.54) is 0 Å². The smallest absolute Gasteiger partial charge is 0.296 e. The van der Waals surface area contributed by atoms with Crippen LogP contribution in [0.1, 0.15) is 39.0 Å². The number of piperidine rings is 1. The molecule has 2 aliphatic rings. The maximum atomic E-state index is 12.8. The van der Waals surface area contributed by atoms with Crippen molar-refractivity contribution in [2.75, 3.05) is 0 Å². The first-order valence-corrected chi connectivity index (χ1v) is 6.15. The SMILES string of the molecule is CC1C(=O)NC(=O)CC12CCCC(C(F)(F)F)C2. The number of carbonyl (C=O) groups is 2. The van der Waals surface area contributed by atoms with E-state index in [1.807, 2.05) is 0 Å². The van der Waals surface area contributed by atoms with Crippen molar-refractivity contribution in [3.05, 3.63) is 0 Å². The average molecular weight is 263 g/mol. The van der Waals surface area contributed by atoms with Crippen molar-refractivity contribution in [1.29, 1.82) is 0 Å². The third-order valence-corrected chi connectivity index (χ3v) is 4.43. The average Bonchev–Trinajstić information content (AvgIpc) is 2.25. The lowest BCUT2D eigenvalue weighted by molar-refractivity contribution is -0.198. The van der Waals surface area contributed by atoms with Crippen molar-refractivity contribution < 1.29 is 22.8 Å². The van der Waals surface area contributed by atoms with Crippen molar-refractivity contribution in [2.24, 2.45) is 17.3 Å². The highest BCUT2D eigenvalue weighted by molar-refractivity contribution is 5.99. The molecule has 1 spiro atoms. The van der Waals surface area contributed by atoms with Crippen LogP contribution in [-0.4, -0.2) is 18.0 Å². The van der Waals surface area contributed by atoms with E-state index in [-0.39, 0.29) is 19.3 Å². The highest BCUT2D eigenvalue weighted by Crippen LogP contribution is 2.52. The molecule has 0 aromatic heterocycles. The molecule has 1 heterocycles. The van der Waals surface area contributed by atoms with Gasteiger partial charge in [-0.3, -0.25) is 14.9 Å². The van der Waals surface area contributed by atoms with Gasteiger partial charge in [0, 0.05) is 12.3 Å². The standard InChI is InChI=1S/C12H16F3NO2/c1-7-10(18)16-9(17)6-11(7)4-2-3-8(5-11)12(13,14)15/h7-8H,2-6H2,1H3,(H,16,17,18). The second-order valence-electron chi connectivity index (χ2n) is 5.51. The topological polar surface area (TPSA) is 46.2 Å². The van der Waals surface area contributed by atoms with Crippen molar-refractivity contribution in [2.45, 2.75) is 45.2 Å². The molecule has 1 aliphatic heterocycles. The Morgan fingerprint density at radius 3 is 2.61 bits per heavy atom. The van der Waals surface area contributed by atoms with Crippen LogP contribution < -0.4 is 5.32 Å². The monoisotopic (exact) mass is 263 g/mol. The Morgan fingerprint density at radius 1 is 1.33 bits per heavy atom. The van der Waals surface area contributed by atoms with Crippen LogP contribution in [-0.2, 0) is 9.59 Å². The van der Waals surface area contributed by atoms with Crippen LogP contribution in [0.2, 0.25) is 0 Å². The van der Waals surface area contributed by atoms with Crippen LogP contribution in [0.3, 0.4) is 0 Å². The molecule has 3 unspecified atom stereocenters. The molecule has 102 valence electrons. The molecule has 1 saturated heterocycles. The van der Waals surface area contributed by atoms with Crippen LogP contribution in [0.5, 0.6) is 0 Å². The fourth-order valence-corrected chi connectivity index (χ4v) is 3.27. The maximum Gasteiger partial charge on any atom is 0.391 e. The molecule has 0 radical (unpaired) electrons. The highest BCUT2D eigenvalue weighted by atomic mass is 19.4. The van der Waals surface area contributed by atoms with Gasteiger partial charge in [0.15, 0.2) is 0 Å². The van der Waals surface area contributed by atoms with Crippen LogP contribution in [0, 0.1) is 17.3 Å². The number of rotatable bonds is 0. The van der Waals surface area contributed by atoms with Gasteiger partial charge in [-0.25, -0.2) is 0 Å². The molecule has 1 N–H and O–H groups in total. The summed E-state index contributed by atoms with van der Waals surface area (Å²) in [6.07, 6.45) is -3.24. The fraction of sp³-hybridized carbons (Fsp3) is 0.833. The van der Waals surface area contributed by atoms with Gasteiger partial charge in [-0.15, -0.1) is 0 Å². The minimum absolute atomic E-state index is 0.0342. The lowest BCUT2D eigenvalue weighted by atomic mass is 9.60. The zero-order valence-corrected chi connectivity index (χ0v) is 10.1. The third kappa shape index (κ3) is 2.24. The van der Waals surface area contributed by atoms with E-state index in [4.69, 9.17) is 0 Å². The molecular weight excluding hydrogens is 247 g/mol. The molecule has 18 heavy (non-hydrogen) atoms. The van der Waals surface area contributed by atoms with Crippen LogP contribution in [0.15, 0.2) is 0 Å². The second-order valence-corrected chi connectivity index (χ2v) is 5.51. The summed E-state index contributed by atoms with van der Waals surface area (Å²) in [6, 6.07) is 0. The lowest BCUT2D eigenvalue weighted by Gasteiger charge is -2.46. The molecule has 1 aliphatic carbocycles. The van der Waals surface area contributed by atoms with Gasteiger partial charge in [0.2, 0.25) is 11.8 Å². The van der Waals surface area contributed by atoms with E-state index in [2.05, 4.69) is 5.32 Å². The summed E-state index contributed by atoms with van der Waals surface area (Å²) in [7, 11) is 0. The Bertz CT molecular complexity index is 380. The minimum atomic E-state index is -4.23. The van der Waals surface area contributed by atoms with Gasteiger partial charge in [-0.2, -0.15) is 13.2 Å². The molecule has 3 atom stereocenters. The Kier molecular flexibility index (Phi) is 3.15.